The molecule has 1 N–H and O–H groups in total. The summed E-state index contributed by atoms with van der Waals surface area (Å²) in [7, 11) is 0. The summed E-state index contributed by atoms with van der Waals surface area (Å²) < 4.78 is 0. The van der Waals surface area contributed by atoms with Crippen LogP contribution >= 0.6 is 0 Å². The van der Waals surface area contributed by atoms with E-state index in [0.717, 1.165) is 0 Å². The Balaban J connectivity index is 2.93. The number of azide groups is 1. The first-order valence-corrected chi connectivity index (χ1v) is 2.09. The molecule has 0 aliphatic carbocycles. The van der Waals surface area contributed by atoms with Crippen molar-refractivity contribution in [1.82, 2.24) is 5.32 Å². The molecule has 0 atom stereocenters. The largest absolute Gasteiger partial charge is 0.359 e. The summed E-state index contributed by atoms with van der Waals surface area (Å²) in [5.74, 6) is 0. The zero-order valence-electron chi connectivity index (χ0n) is 4.24. The van der Waals surface area contributed by atoms with Gasteiger partial charge >= 0.3 is 0 Å². The van der Waals surface area contributed by atoms with E-state index in [1.165, 1.54) is 0 Å². The first-order chi connectivity index (χ1) is 3.91. The van der Waals surface area contributed by atoms with Crippen LogP contribution in [-0.4, -0.2) is 19.5 Å². The number of nitrogens with zero attached hydrogens (tertiary/aromatic N) is 3. The minimum atomic E-state index is 0.315. The van der Waals surface area contributed by atoms with Crippen molar-refractivity contribution in [3.8, 4) is 0 Å². The normalized spacial score (nSPS) is 7.00. The maximum Gasteiger partial charge on any atom is 0.207 e. The van der Waals surface area contributed by atoms with Gasteiger partial charge in [-0.1, -0.05) is 5.11 Å². The third-order valence-corrected chi connectivity index (χ3v) is 0.503. The van der Waals surface area contributed by atoms with Crippen molar-refractivity contribution in [3.63, 3.8) is 0 Å². The third kappa shape index (κ3) is 4.78. The standard InChI is InChI=1S/C3H6N4O/c4-7-6-2-1-5-3-8/h3H,1-2H2,(H,5,8). The summed E-state index contributed by atoms with van der Waals surface area (Å²) in [6.45, 7) is 0.725. The Kier molecular flexibility index (Phi) is 4.90. The molecule has 0 unspecified atom stereocenters. The summed E-state index contributed by atoms with van der Waals surface area (Å²) >= 11 is 0. The Hall–Kier alpha value is -1.22. The molecule has 0 radical (unpaired) electrons. The molecule has 0 rings (SSSR count). The van der Waals surface area contributed by atoms with Crippen molar-refractivity contribution in [2.75, 3.05) is 13.1 Å². The van der Waals surface area contributed by atoms with Gasteiger partial charge in [0.1, 0.15) is 0 Å². The number of rotatable bonds is 4. The van der Waals surface area contributed by atoms with Gasteiger partial charge in [-0.15, -0.1) is 0 Å². The van der Waals surface area contributed by atoms with Crippen LogP contribution in [-0.2, 0) is 4.79 Å². The van der Waals surface area contributed by atoms with E-state index in [9.17, 15) is 4.79 Å². The summed E-state index contributed by atoms with van der Waals surface area (Å²) in [5, 5.41) is 5.51. The molecule has 0 aliphatic heterocycles. The monoisotopic (exact) mass is 114 g/mol. The molecule has 0 heterocycles. The van der Waals surface area contributed by atoms with Crippen LogP contribution in [0.25, 0.3) is 10.4 Å². The molecule has 0 spiro atoms. The zero-order valence-corrected chi connectivity index (χ0v) is 4.24. The van der Waals surface area contributed by atoms with Crippen molar-refractivity contribution in [3.05, 3.63) is 10.4 Å². The van der Waals surface area contributed by atoms with Gasteiger partial charge in [0, 0.05) is 18.0 Å². The maximum absolute atomic E-state index is 9.52. The summed E-state index contributed by atoms with van der Waals surface area (Å²) in [6, 6.07) is 0. The van der Waals surface area contributed by atoms with Crippen molar-refractivity contribution in [2.24, 2.45) is 5.11 Å². The second kappa shape index (κ2) is 5.78. The van der Waals surface area contributed by atoms with Gasteiger partial charge in [0.05, 0.1) is 0 Å². The van der Waals surface area contributed by atoms with Gasteiger partial charge in [-0.05, 0) is 5.53 Å². The van der Waals surface area contributed by atoms with Gasteiger partial charge in [-0.3, -0.25) is 4.79 Å². The van der Waals surface area contributed by atoms with Crippen molar-refractivity contribution < 1.29 is 4.79 Å². The quantitative estimate of drug-likeness (QED) is 0.181. The molecule has 0 aromatic rings. The van der Waals surface area contributed by atoms with Gasteiger partial charge in [0.25, 0.3) is 0 Å². The lowest BCUT2D eigenvalue weighted by Gasteiger charge is -1.86. The Morgan fingerprint density at radius 3 is 3.12 bits per heavy atom. The van der Waals surface area contributed by atoms with E-state index in [2.05, 4.69) is 15.3 Å². The van der Waals surface area contributed by atoms with E-state index >= 15 is 0 Å². The van der Waals surface area contributed by atoms with Crippen LogP contribution in [0, 0.1) is 0 Å². The fraction of sp³-hybridized carbons (Fsp3) is 0.667. The van der Waals surface area contributed by atoms with Crippen LogP contribution in [0.5, 0.6) is 0 Å². The second-order valence-corrected chi connectivity index (χ2v) is 1.03. The number of hydrogen-bond donors (Lipinski definition) is 1. The fourth-order valence-corrected chi connectivity index (χ4v) is 0.218. The van der Waals surface area contributed by atoms with Gasteiger partial charge < -0.3 is 5.32 Å². The number of carbonyl (C=O) groups excluding carboxylic acids is 1. The first-order valence-electron chi connectivity index (χ1n) is 2.09. The van der Waals surface area contributed by atoms with E-state index in [1.54, 1.807) is 0 Å². The number of carbonyl (C=O) groups is 1. The molecule has 5 heteroatoms. The van der Waals surface area contributed by atoms with E-state index in [4.69, 9.17) is 5.53 Å². The zero-order chi connectivity index (χ0) is 6.24. The van der Waals surface area contributed by atoms with E-state index in [0.29, 0.717) is 19.5 Å². The molecular weight excluding hydrogens is 108 g/mol. The molecule has 0 bridgehead atoms. The maximum atomic E-state index is 9.52. The molecule has 0 aromatic heterocycles. The van der Waals surface area contributed by atoms with Crippen molar-refractivity contribution >= 4 is 6.41 Å². The van der Waals surface area contributed by atoms with Crippen LogP contribution in [0.1, 0.15) is 0 Å². The Bertz CT molecular complexity index is 106. The Labute approximate surface area is 46.3 Å². The highest BCUT2D eigenvalue weighted by Crippen LogP contribution is 1.64. The van der Waals surface area contributed by atoms with Crippen LogP contribution in [0.15, 0.2) is 5.11 Å². The average molecular weight is 114 g/mol. The van der Waals surface area contributed by atoms with E-state index in [1.807, 2.05) is 0 Å². The van der Waals surface area contributed by atoms with Crippen LogP contribution in [0.4, 0.5) is 0 Å². The number of nitrogens with one attached hydrogen (secondary N) is 1. The lowest BCUT2D eigenvalue weighted by atomic mass is 10.7. The lowest BCUT2D eigenvalue weighted by Crippen LogP contribution is -2.14. The molecule has 5 nitrogen and oxygen atoms in total. The highest BCUT2D eigenvalue weighted by Gasteiger charge is 1.75. The van der Waals surface area contributed by atoms with E-state index in [-0.39, 0.29) is 0 Å². The minimum absolute atomic E-state index is 0.315. The molecular formula is C3H6N4O. The molecule has 0 fully saturated rings. The molecule has 0 saturated heterocycles. The fourth-order valence-electron chi connectivity index (χ4n) is 0.218. The van der Waals surface area contributed by atoms with Crippen molar-refractivity contribution in [1.29, 1.82) is 0 Å². The lowest BCUT2D eigenvalue weighted by molar-refractivity contribution is -0.109. The molecule has 0 aromatic carbocycles. The van der Waals surface area contributed by atoms with Crippen LogP contribution < -0.4 is 5.32 Å². The SMILES string of the molecule is [N-]=[N+]=NCCNC=O. The smallest absolute Gasteiger partial charge is 0.207 e. The summed E-state index contributed by atoms with van der Waals surface area (Å²) in [4.78, 5) is 12.0. The Morgan fingerprint density at radius 2 is 2.62 bits per heavy atom. The third-order valence-electron chi connectivity index (χ3n) is 0.503. The number of amides is 1. The van der Waals surface area contributed by atoms with Crippen molar-refractivity contribution in [2.45, 2.75) is 0 Å². The summed E-state index contributed by atoms with van der Waals surface area (Å²) in [5.41, 5.74) is 7.71. The second-order valence-electron chi connectivity index (χ2n) is 1.03. The summed E-state index contributed by atoms with van der Waals surface area (Å²) in [6.07, 6.45) is 0.562. The molecule has 1 amide bonds. The molecule has 0 saturated carbocycles. The van der Waals surface area contributed by atoms with Gasteiger partial charge in [0.15, 0.2) is 0 Å². The van der Waals surface area contributed by atoms with Gasteiger partial charge in [-0.25, -0.2) is 0 Å². The highest BCUT2D eigenvalue weighted by molar-refractivity contribution is 5.45. The molecule has 8 heavy (non-hydrogen) atoms. The molecule has 0 aliphatic rings. The first kappa shape index (κ1) is 6.78. The van der Waals surface area contributed by atoms with Crippen LogP contribution in [0.3, 0.4) is 0 Å². The number of hydrogen-bond acceptors (Lipinski definition) is 2. The van der Waals surface area contributed by atoms with Gasteiger partial charge in [-0.2, -0.15) is 0 Å². The predicted molar refractivity (Wildman–Crippen MR) is 28.1 cm³/mol. The topological polar surface area (TPSA) is 77.9 Å². The Morgan fingerprint density at radius 1 is 1.88 bits per heavy atom. The minimum Gasteiger partial charge on any atom is -0.359 e. The van der Waals surface area contributed by atoms with E-state index < -0.39 is 0 Å². The predicted octanol–water partition coefficient (Wildman–Crippen LogP) is 0.0427. The average Bonchev–Trinajstić information content (AvgIpc) is 1.81. The molecule has 44 valence electrons. The van der Waals surface area contributed by atoms with Crippen LogP contribution in [0.2, 0.25) is 0 Å². The van der Waals surface area contributed by atoms with Gasteiger partial charge in [0.2, 0.25) is 6.41 Å². The highest BCUT2D eigenvalue weighted by atomic mass is 16.1.